The molecule has 2 nitrogen and oxygen atoms in total. The van der Waals surface area contributed by atoms with E-state index in [2.05, 4.69) is 76.2 Å². The fraction of sp³-hybridized carbons (Fsp3) is 0.529. The Morgan fingerprint density at radius 2 is 0.833 bits per heavy atom. The highest BCUT2D eigenvalue weighted by atomic mass is 15.2. The normalized spacial score (nSPS) is 13.8. The first-order valence-electron chi connectivity index (χ1n) is 14.8. The van der Waals surface area contributed by atoms with Gasteiger partial charge in [0.2, 0.25) is 11.4 Å². The summed E-state index contributed by atoms with van der Waals surface area (Å²) in [5, 5.41) is 0. The summed E-state index contributed by atoms with van der Waals surface area (Å²) < 4.78 is 1.53. The second kappa shape index (κ2) is 14.9. The van der Waals surface area contributed by atoms with E-state index in [1.807, 2.05) is 0 Å². The maximum Gasteiger partial charge on any atom is 0.211 e. The minimum atomic E-state index is 1.00. The Morgan fingerprint density at radius 3 is 1.17 bits per heavy atom. The molecule has 0 amide bonds. The molecule has 2 heteroatoms. The van der Waals surface area contributed by atoms with Crippen molar-refractivity contribution in [2.75, 3.05) is 0 Å². The monoisotopic (exact) mass is 484 g/mol. The van der Waals surface area contributed by atoms with E-state index in [-0.39, 0.29) is 0 Å². The Labute approximate surface area is 221 Å². The fourth-order valence-corrected chi connectivity index (χ4v) is 5.31. The van der Waals surface area contributed by atoms with Crippen molar-refractivity contribution in [1.82, 2.24) is 0 Å². The molecule has 2 aromatic carbocycles. The van der Waals surface area contributed by atoms with Gasteiger partial charge >= 0.3 is 0 Å². The Kier molecular flexibility index (Phi) is 11.7. The van der Waals surface area contributed by atoms with Crippen LogP contribution in [0.4, 0.5) is 0 Å². The molecule has 36 heavy (non-hydrogen) atoms. The van der Waals surface area contributed by atoms with Gasteiger partial charge in [0.15, 0.2) is 0 Å². The van der Waals surface area contributed by atoms with Crippen LogP contribution in [0.2, 0.25) is 0 Å². The van der Waals surface area contributed by atoms with E-state index in [9.17, 15) is 5.53 Å². The van der Waals surface area contributed by atoms with E-state index >= 15 is 0 Å². The molecule has 0 spiro atoms. The summed E-state index contributed by atoms with van der Waals surface area (Å²) in [6.07, 6.45) is 16.4. The number of allylic oxidation sites excluding steroid dienone is 2. The SMILES string of the molecule is CCCCCC1=C(c2ccc(CCCC)cc2)[N+](=[N-])C(c2ccc(CCCC)cc2)=C1CCCCC. The van der Waals surface area contributed by atoms with Gasteiger partial charge in [-0.2, -0.15) is 0 Å². The van der Waals surface area contributed by atoms with Gasteiger partial charge in [0, 0.05) is 22.3 Å². The number of rotatable bonds is 16. The van der Waals surface area contributed by atoms with Crippen molar-refractivity contribution >= 4 is 11.4 Å². The summed E-state index contributed by atoms with van der Waals surface area (Å²) in [4.78, 5) is 0. The predicted octanol–water partition coefficient (Wildman–Crippen LogP) is 10.7. The predicted molar refractivity (Wildman–Crippen MR) is 156 cm³/mol. The van der Waals surface area contributed by atoms with E-state index in [4.69, 9.17) is 0 Å². The van der Waals surface area contributed by atoms with Gasteiger partial charge in [-0.05, 0) is 86.8 Å². The van der Waals surface area contributed by atoms with Gasteiger partial charge in [0.05, 0.1) is 0 Å². The first-order valence-corrected chi connectivity index (χ1v) is 14.8. The maximum atomic E-state index is 11.7. The van der Waals surface area contributed by atoms with Crippen LogP contribution in [0, 0.1) is 0 Å². The van der Waals surface area contributed by atoms with Crippen molar-refractivity contribution in [2.45, 2.75) is 118 Å². The van der Waals surface area contributed by atoms with Crippen LogP contribution in [-0.4, -0.2) is 4.70 Å². The molecular formula is C34H48N2. The maximum absolute atomic E-state index is 11.7. The summed E-state index contributed by atoms with van der Waals surface area (Å²) in [5.74, 6) is 0. The molecule has 0 saturated heterocycles. The van der Waals surface area contributed by atoms with Crippen molar-refractivity contribution in [3.63, 3.8) is 0 Å². The molecular weight excluding hydrogens is 436 g/mol. The van der Waals surface area contributed by atoms with Gasteiger partial charge in [0.25, 0.3) is 0 Å². The standard InChI is InChI=1S/C34H48N2/c1-5-9-13-17-31-32(18-14-10-6-2)34(30-25-21-28(22-26-30)16-12-8-4)36(35)33(31)29-23-19-27(20-24-29)15-11-7-3/h19-26H,5-18H2,1-4H3. The lowest BCUT2D eigenvalue weighted by Gasteiger charge is -2.11. The Hall–Kier alpha value is -2.48. The van der Waals surface area contributed by atoms with E-state index in [1.54, 1.807) is 0 Å². The number of benzene rings is 2. The second-order valence-electron chi connectivity index (χ2n) is 10.5. The van der Waals surface area contributed by atoms with Crippen LogP contribution in [0.25, 0.3) is 16.9 Å². The molecule has 0 unspecified atom stereocenters. The minimum Gasteiger partial charge on any atom is -0.493 e. The first kappa shape index (κ1) is 28.1. The molecule has 1 aliphatic rings. The summed E-state index contributed by atoms with van der Waals surface area (Å²) in [5.41, 5.74) is 21.5. The third-order valence-electron chi connectivity index (χ3n) is 7.51. The Morgan fingerprint density at radius 1 is 0.472 bits per heavy atom. The molecule has 0 atom stereocenters. The number of unbranched alkanes of at least 4 members (excludes halogenated alkanes) is 6. The Balaban J connectivity index is 2.02. The number of hydrogen-bond donors (Lipinski definition) is 0. The molecule has 0 bridgehead atoms. The van der Waals surface area contributed by atoms with Crippen LogP contribution in [-0.2, 0) is 12.8 Å². The topological polar surface area (TPSA) is 25.3 Å². The molecule has 0 fully saturated rings. The lowest BCUT2D eigenvalue weighted by Crippen LogP contribution is -2.03. The zero-order valence-corrected chi connectivity index (χ0v) is 23.4. The van der Waals surface area contributed by atoms with Crippen molar-refractivity contribution in [3.8, 4) is 0 Å². The molecule has 0 aliphatic carbocycles. The largest absolute Gasteiger partial charge is 0.493 e. The van der Waals surface area contributed by atoms with Crippen LogP contribution in [0.3, 0.4) is 0 Å². The van der Waals surface area contributed by atoms with Crippen molar-refractivity contribution < 1.29 is 4.70 Å². The molecule has 0 aromatic heterocycles. The van der Waals surface area contributed by atoms with E-state index in [1.165, 1.54) is 78.3 Å². The van der Waals surface area contributed by atoms with Crippen LogP contribution < -0.4 is 0 Å². The van der Waals surface area contributed by atoms with Crippen LogP contribution in [0.5, 0.6) is 0 Å². The van der Waals surface area contributed by atoms with E-state index < -0.39 is 0 Å². The third kappa shape index (κ3) is 7.28. The summed E-state index contributed by atoms with van der Waals surface area (Å²) in [7, 11) is 0. The van der Waals surface area contributed by atoms with Gasteiger partial charge in [0.1, 0.15) is 0 Å². The van der Waals surface area contributed by atoms with Crippen LogP contribution in [0.1, 0.15) is 127 Å². The van der Waals surface area contributed by atoms with Crippen LogP contribution in [0.15, 0.2) is 59.7 Å². The van der Waals surface area contributed by atoms with Crippen LogP contribution >= 0.6 is 0 Å². The summed E-state index contributed by atoms with van der Waals surface area (Å²) >= 11 is 0. The van der Waals surface area contributed by atoms with Gasteiger partial charge in [-0.1, -0.05) is 90.5 Å². The van der Waals surface area contributed by atoms with E-state index in [0.29, 0.717) is 0 Å². The highest BCUT2D eigenvalue weighted by Gasteiger charge is 2.35. The first-order chi connectivity index (χ1) is 17.6. The van der Waals surface area contributed by atoms with Crippen molar-refractivity contribution in [3.05, 3.63) is 87.5 Å². The molecule has 1 heterocycles. The minimum absolute atomic E-state index is 1.00. The second-order valence-corrected chi connectivity index (χ2v) is 10.5. The third-order valence-corrected chi connectivity index (χ3v) is 7.51. The van der Waals surface area contributed by atoms with Gasteiger partial charge in [-0.15, -0.1) is 0 Å². The zero-order chi connectivity index (χ0) is 25.8. The molecule has 0 saturated carbocycles. The molecule has 0 N–H and O–H groups in total. The smallest absolute Gasteiger partial charge is 0.211 e. The number of aryl methyl sites for hydroxylation is 2. The lowest BCUT2D eigenvalue weighted by atomic mass is 9.91. The summed E-state index contributed by atoms with van der Waals surface area (Å²) in [6, 6.07) is 17.9. The highest BCUT2D eigenvalue weighted by molar-refractivity contribution is 5.82. The molecule has 194 valence electrons. The number of nitrogens with zero attached hydrogens (tertiary/aromatic N) is 2. The average molecular weight is 485 g/mol. The van der Waals surface area contributed by atoms with Gasteiger partial charge in [-0.3, -0.25) is 0 Å². The average Bonchev–Trinajstić information content (AvgIpc) is 3.18. The Bertz CT molecular complexity index is 938. The van der Waals surface area contributed by atoms with E-state index in [0.717, 1.165) is 61.0 Å². The molecule has 0 radical (unpaired) electrons. The fourth-order valence-electron chi connectivity index (χ4n) is 5.31. The summed E-state index contributed by atoms with van der Waals surface area (Å²) in [6.45, 7) is 9.02. The lowest BCUT2D eigenvalue weighted by molar-refractivity contribution is -0.345. The molecule has 3 rings (SSSR count). The molecule has 1 aliphatic heterocycles. The highest BCUT2D eigenvalue weighted by Crippen LogP contribution is 2.44. The number of hydrogen-bond acceptors (Lipinski definition) is 0. The quantitative estimate of drug-likeness (QED) is 0.167. The van der Waals surface area contributed by atoms with Crippen molar-refractivity contribution in [1.29, 1.82) is 0 Å². The zero-order valence-electron chi connectivity index (χ0n) is 23.4. The molecule has 2 aromatic rings. The van der Waals surface area contributed by atoms with Gasteiger partial charge in [-0.25, -0.2) is 4.70 Å². The van der Waals surface area contributed by atoms with Crippen molar-refractivity contribution in [2.24, 2.45) is 0 Å². The van der Waals surface area contributed by atoms with Gasteiger partial charge < -0.3 is 5.53 Å².